The molecule has 2 nitrogen and oxygen atoms in total. The molecule has 0 saturated carbocycles. The van der Waals surface area contributed by atoms with Crippen molar-refractivity contribution in [2.75, 3.05) is 7.05 Å². The van der Waals surface area contributed by atoms with Gasteiger partial charge in [0.1, 0.15) is 11.5 Å². The molecule has 0 radical (unpaired) electrons. The Hall–Kier alpha value is -1.51. The molecule has 0 aliphatic carbocycles. The molecular weight excluding hydrogens is 270 g/mol. The highest BCUT2D eigenvalue weighted by Gasteiger charge is 2.08. The van der Waals surface area contributed by atoms with Crippen LogP contribution in [0.25, 0.3) is 0 Å². The number of ether oxygens (including phenoxy) is 1. The predicted octanol–water partition coefficient (Wildman–Crippen LogP) is 5.03. The lowest BCUT2D eigenvalue weighted by Gasteiger charge is -2.14. The molecule has 0 saturated heterocycles. The van der Waals surface area contributed by atoms with Gasteiger partial charge in [0.2, 0.25) is 0 Å². The first-order chi connectivity index (χ1) is 9.49. The zero-order valence-electron chi connectivity index (χ0n) is 12.3. The highest BCUT2D eigenvalue weighted by atomic mass is 35.5. The van der Waals surface area contributed by atoms with E-state index in [-0.39, 0.29) is 6.04 Å². The summed E-state index contributed by atoms with van der Waals surface area (Å²) in [7, 11) is 1.93. The third-order valence-electron chi connectivity index (χ3n) is 3.31. The molecule has 0 bridgehead atoms. The molecule has 0 aliphatic rings. The predicted molar refractivity (Wildman–Crippen MR) is 84.9 cm³/mol. The third kappa shape index (κ3) is 3.53. The minimum atomic E-state index is 0.266. The van der Waals surface area contributed by atoms with Crippen LogP contribution < -0.4 is 10.1 Å². The van der Waals surface area contributed by atoms with Gasteiger partial charge in [-0.05, 0) is 68.8 Å². The van der Waals surface area contributed by atoms with Gasteiger partial charge in [-0.2, -0.15) is 0 Å². The fourth-order valence-corrected chi connectivity index (χ4v) is 2.38. The van der Waals surface area contributed by atoms with Gasteiger partial charge in [-0.15, -0.1) is 0 Å². The normalized spacial score (nSPS) is 12.2. The number of halogens is 1. The third-order valence-corrected chi connectivity index (χ3v) is 3.61. The fraction of sp³-hybridized carbons (Fsp3) is 0.294. The lowest BCUT2D eigenvalue weighted by atomic mass is 10.1. The Morgan fingerprint density at radius 2 is 1.70 bits per heavy atom. The van der Waals surface area contributed by atoms with E-state index < -0.39 is 0 Å². The first-order valence-electron chi connectivity index (χ1n) is 6.72. The standard InChI is InChI=1S/C17H20ClNO/c1-11-7-12(2)9-15(8-11)20-17-6-5-14(10-16(17)18)13(3)19-4/h5-10,13,19H,1-4H3. The molecule has 2 aromatic rings. The molecule has 1 N–H and O–H groups in total. The summed E-state index contributed by atoms with van der Waals surface area (Å²) >= 11 is 6.31. The summed E-state index contributed by atoms with van der Waals surface area (Å²) < 4.78 is 5.89. The van der Waals surface area contributed by atoms with Crippen LogP contribution in [0.3, 0.4) is 0 Å². The van der Waals surface area contributed by atoms with Crippen LogP contribution >= 0.6 is 11.6 Å². The van der Waals surface area contributed by atoms with Crippen LogP contribution in [0.5, 0.6) is 11.5 Å². The van der Waals surface area contributed by atoms with Gasteiger partial charge in [0, 0.05) is 6.04 Å². The van der Waals surface area contributed by atoms with E-state index in [0.29, 0.717) is 10.8 Å². The maximum absolute atomic E-state index is 6.31. The van der Waals surface area contributed by atoms with Crippen molar-refractivity contribution in [3.63, 3.8) is 0 Å². The molecular formula is C17H20ClNO. The molecule has 0 aliphatic heterocycles. The Balaban J connectivity index is 2.25. The van der Waals surface area contributed by atoms with Crippen LogP contribution in [-0.4, -0.2) is 7.05 Å². The van der Waals surface area contributed by atoms with E-state index in [0.717, 1.165) is 11.3 Å². The van der Waals surface area contributed by atoms with Gasteiger partial charge >= 0.3 is 0 Å². The van der Waals surface area contributed by atoms with Crippen molar-refractivity contribution in [2.24, 2.45) is 0 Å². The second kappa shape index (κ2) is 6.29. The number of hydrogen-bond acceptors (Lipinski definition) is 2. The van der Waals surface area contributed by atoms with Crippen LogP contribution in [-0.2, 0) is 0 Å². The van der Waals surface area contributed by atoms with Gasteiger partial charge in [0.25, 0.3) is 0 Å². The lowest BCUT2D eigenvalue weighted by Crippen LogP contribution is -2.12. The van der Waals surface area contributed by atoms with Gasteiger partial charge in [-0.1, -0.05) is 23.7 Å². The van der Waals surface area contributed by atoms with Crippen molar-refractivity contribution in [2.45, 2.75) is 26.8 Å². The van der Waals surface area contributed by atoms with Gasteiger partial charge in [0.05, 0.1) is 5.02 Å². The molecule has 3 heteroatoms. The maximum Gasteiger partial charge on any atom is 0.146 e. The zero-order chi connectivity index (χ0) is 14.7. The molecule has 2 rings (SSSR count). The number of rotatable bonds is 4. The molecule has 0 aromatic heterocycles. The molecule has 0 spiro atoms. The summed E-state index contributed by atoms with van der Waals surface area (Å²) in [6.07, 6.45) is 0. The van der Waals surface area contributed by atoms with Gasteiger partial charge in [-0.25, -0.2) is 0 Å². The zero-order valence-corrected chi connectivity index (χ0v) is 13.1. The molecule has 0 heterocycles. The first kappa shape index (κ1) is 14.9. The van der Waals surface area contributed by atoms with E-state index in [1.807, 2.05) is 37.4 Å². The summed E-state index contributed by atoms with van der Waals surface area (Å²) in [6, 6.07) is 12.3. The molecule has 0 fully saturated rings. The van der Waals surface area contributed by atoms with E-state index in [1.165, 1.54) is 11.1 Å². The molecule has 1 unspecified atom stereocenters. The van der Waals surface area contributed by atoms with Crippen LogP contribution in [0, 0.1) is 13.8 Å². The monoisotopic (exact) mass is 289 g/mol. The van der Waals surface area contributed by atoms with Crippen LogP contribution in [0.2, 0.25) is 5.02 Å². The number of benzene rings is 2. The van der Waals surface area contributed by atoms with Crippen molar-refractivity contribution in [1.29, 1.82) is 0 Å². The summed E-state index contributed by atoms with van der Waals surface area (Å²) in [5, 5.41) is 3.82. The van der Waals surface area contributed by atoms with Crippen LogP contribution in [0.4, 0.5) is 0 Å². The highest BCUT2D eigenvalue weighted by Crippen LogP contribution is 2.32. The number of nitrogens with one attached hydrogen (secondary N) is 1. The molecule has 20 heavy (non-hydrogen) atoms. The largest absolute Gasteiger partial charge is 0.456 e. The topological polar surface area (TPSA) is 21.3 Å². The first-order valence-corrected chi connectivity index (χ1v) is 7.10. The highest BCUT2D eigenvalue weighted by molar-refractivity contribution is 6.32. The number of aryl methyl sites for hydroxylation is 2. The smallest absolute Gasteiger partial charge is 0.146 e. The van der Waals surface area contributed by atoms with E-state index in [9.17, 15) is 0 Å². The number of hydrogen-bond donors (Lipinski definition) is 1. The second-order valence-corrected chi connectivity index (χ2v) is 5.53. The SMILES string of the molecule is CNC(C)c1ccc(Oc2cc(C)cc(C)c2)c(Cl)c1. The van der Waals surface area contributed by atoms with Crippen molar-refractivity contribution >= 4 is 11.6 Å². The van der Waals surface area contributed by atoms with E-state index in [4.69, 9.17) is 16.3 Å². The lowest BCUT2D eigenvalue weighted by molar-refractivity contribution is 0.481. The minimum Gasteiger partial charge on any atom is -0.456 e. The molecule has 1 atom stereocenters. The van der Waals surface area contributed by atoms with Crippen molar-refractivity contribution in [3.05, 3.63) is 58.1 Å². The van der Waals surface area contributed by atoms with Gasteiger partial charge in [-0.3, -0.25) is 0 Å². The Bertz CT molecular complexity index is 590. The molecule has 106 valence electrons. The van der Waals surface area contributed by atoms with Crippen molar-refractivity contribution < 1.29 is 4.74 Å². The van der Waals surface area contributed by atoms with E-state index in [1.54, 1.807) is 0 Å². The summed E-state index contributed by atoms with van der Waals surface area (Å²) in [4.78, 5) is 0. The average molecular weight is 290 g/mol. The Kier molecular flexibility index (Phi) is 4.69. The van der Waals surface area contributed by atoms with Gasteiger partial charge < -0.3 is 10.1 Å². The Morgan fingerprint density at radius 3 is 2.25 bits per heavy atom. The quantitative estimate of drug-likeness (QED) is 0.852. The van der Waals surface area contributed by atoms with Crippen molar-refractivity contribution in [3.8, 4) is 11.5 Å². The summed E-state index contributed by atoms with van der Waals surface area (Å²) in [6.45, 7) is 6.20. The van der Waals surface area contributed by atoms with Crippen LogP contribution in [0.1, 0.15) is 29.7 Å². The summed E-state index contributed by atoms with van der Waals surface area (Å²) in [5.41, 5.74) is 3.50. The fourth-order valence-electron chi connectivity index (χ4n) is 2.15. The maximum atomic E-state index is 6.31. The Morgan fingerprint density at radius 1 is 1.05 bits per heavy atom. The Labute approximate surface area is 125 Å². The molecule has 2 aromatic carbocycles. The minimum absolute atomic E-state index is 0.266. The van der Waals surface area contributed by atoms with E-state index >= 15 is 0 Å². The second-order valence-electron chi connectivity index (χ2n) is 5.13. The van der Waals surface area contributed by atoms with Crippen LogP contribution in [0.15, 0.2) is 36.4 Å². The average Bonchev–Trinajstić information content (AvgIpc) is 2.39. The van der Waals surface area contributed by atoms with Gasteiger partial charge in [0.15, 0.2) is 0 Å². The van der Waals surface area contributed by atoms with E-state index in [2.05, 4.69) is 32.2 Å². The van der Waals surface area contributed by atoms with Crippen molar-refractivity contribution in [1.82, 2.24) is 5.32 Å². The molecule has 0 amide bonds. The summed E-state index contributed by atoms with van der Waals surface area (Å²) in [5.74, 6) is 1.50.